The number of pyridine rings is 1. The van der Waals surface area contributed by atoms with Crippen molar-refractivity contribution in [3.05, 3.63) is 74.7 Å². The second-order valence-electron chi connectivity index (χ2n) is 8.33. The molecule has 1 aromatic carbocycles. The molecule has 0 spiro atoms. The van der Waals surface area contributed by atoms with E-state index in [4.69, 9.17) is 10.5 Å². The fraction of sp³-hybridized carbons (Fsp3) is 0.375. The molecule has 0 bridgehead atoms. The summed E-state index contributed by atoms with van der Waals surface area (Å²) in [5.41, 5.74) is 5.32. The molecule has 0 atom stereocenters. The first-order valence-corrected chi connectivity index (χ1v) is 11.5. The predicted octanol–water partition coefficient (Wildman–Crippen LogP) is 2.46. The lowest BCUT2D eigenvalue weighted by atomic mass is 9.89. The minimum atomic E-state index is -0.639. The average Bonchev–Trinajstić information content (AvgIpc) is 2.84. The summed E-state index contributed by atoms with van der Waals surface area (Å²) in [6.45, 7) is 2.58. The first-order valence-electron chi connectivity index (χ1n) is 11.5. The number of nitrogens with zero attached hydrogens (tertiary/aromatic N) is 4. The van der Waals surface area contributed by atoms with Crippen LogP contribution < -0.4 is 27.5 Å². The number of primary amides is 1. The van der Waals surface area contributed by atoms with Gasteiger partial charge in [-0.25, -0.2) is 24.1 Å². The molecule has 10 heteroatoms. The van der Waals surface area contributed by atoms with E-state index < -0.39 is 11.6 Å². The van der Waals surface area contributed by atoms with Gasteiger partial charge in [0, 0.05) is 19.2 Å². The summed E-state index contributed by atoms with van der Waals surface area (Å²) in [6.07, 6.45) is 5.66. The van der Waals surface area contributed by atoms with Crippen molar-refractivity contribution in [1.29, 1.82) is 0 Å². The summed E-state index contributed by atoms with van der Waals surface area (Å²) in [4.78, 5) is 48.1. The lowest BCUT2D eigenvalue weighted by molar-refractivity contribution is 0.0995. The highest BCUT2D eigenvalue weighted by atomic mass is 16.5. The van der Waals surface area contributed by atoms with Crippen LogP contribution in [-0.4, -0.2) is 25.0 Å². The maximum atomic E-state index is 13.0. The van der Waals surface area contributed by atoms with Crippen LogP contribution in [0.2, 0.25) is 0 Å². The summed E-state index contributed by atoms with van der Waals surface area (Å²) >= 11 is 0. The number of amides is 1. The molecule has 3 aromatic rings. The average molecular weight is 465 g/mol. The Morgan fingerprint density at radius 3 is 2.53 bits per heavy atom. The van der Waals surface area contributed by atoms with Crippen LogP contribution in [-0.2, 0) is 13.1 Å². The quantitative estimate of drug-likeness (QED) is 0.553. The number of carbonyl (C=O) groups excluding carboxylic acids is 1. The number of rotatable bonds is 7. The van der Waals surface area contributed by atoms with Gasteiger partial charge in [0.25, 0.3) is 5.91 Å². The molecule has 2 aromatic heterocycles. The predicted molar refractivity (Wildman–Crippen MR) is 126 cm³/mol. The van der Waals surface area contributed by atoms with Gasteiger partial charge in [-0.2, -0.15) is 0 Å². The van der Waals surface area contributed by atoms with E-state index in [-0.39, 0.29) is 29.4 Å². The van der Waals surface area contributed by atoms with Crippen LogP contribution >= 0.6 is 0 Å². The summed E-state index contributed by atoms with van der Waals surface area (Å²) in [6, 6.07) is 11.6. The van der Waals surface area contributed by atoms with Crippen LogP contribution in [0.5, 0.6) is 11.6 Å². The number of aromatic nitrogens is 4. The molecule has 0 unspecified atom stereocenters. The molecular formula is C24H28N6O4. The van der Waals surface area contributed by atoms with E-state index in [1.807, 2.05) is 0 Å². The topological polar surface area (TPSA) is 137 Å². The van der Waals surface area contributed by atoms with Crippen molar-refractivity contribution in [1.82, 2.24) is 19.1 Å². The Balaban J connectivity index is 1.64. The summed E-state index contributed by atoms with van der Waals surface area (Å²) in [7, 11) is 0. The van der Waals surface area contributed by atoms with Gasteiger partial charge >= 0.3 is 11.4 Å². The summed E-state index contributed by atoms with van der Waals surface area (Å²) in [5.74, 6) is 0.466. The molecule has 0 saturated heterocycles. The van der Waals surface area contributed by atoms with Gasteiger partial charge in [0.2, 0.25) is 11.5 Å². The monoisotopic (exact) mass is 464 g/mol. The molecule has 3 N–H and O–H groups in total. The van der Waals surface area contributed by atoms with Crippen LogP contribution in [0, 0.1) is 5.92 Å². The Bertz CT molecular complexity index is 1350. The Hall–Kier alpha value is -3.95. The largest absolute Gasteiger partial charge is 0.439 e. The SMILES string of the molecule is CCn1c(=O)[nH]/c(=N\c2ccc(Oc3cccc(C(N)=O)n3)cc2)n(CC2CCCCC2)c1=O. The molecule has 1 aliphatic rings. The molecule has 178 valence electrons. The van der Waals surface area contributed by atoms with Gasteiger partial charge < -0.3 is 10.5 Å². The molecular weight excluding hydrogens is 436 g/mol. The number of aromatic amines is 1. The normalized spacial score (nSPS) is 14.8. The van der Waals surface area contributed by atoms with Gasteiger partial charge in [-0.3, -0.25) is 14.3 Å². The van der Waals surface area contributed by atoms with Crippen molar-refractivity contribution in [3.8, 4) is 11.6 Å². The molecule has 0 radical (unpaired) electrons. The van der Waals surface area contributed by atoms with Crippen molar-refractivity contribution in [2.45, 2.75) is 52.1 Å². The van der Waals surface area contributed by atoms with Gasteiger partial charge in [0.15, 0.2) is 0 Å². The van der Waals surface area contributed by atoms with E-state index in [0.29, 0.717) is 23.9 Å². The van der Waals surface area contributed by atoms with Gasteiger partial charge in [0.05, 0.1) is 5.69 Å². The molecule has 4 rings (SSSR count). The van der Waals surface area contributed by atoms with Crippen molar-refractivity contribution in [3.63, 3.8) is 0 Å². The van der Waals surface area contributed by atoms with Crippen LogP contribution in [0.25, 0.3) is 0 Å². The number of carbonyl (C=O) groups is 1. The fourth-order valence-electron chi connectivity index (χ4n) is 4.15. The number of nitrogens with one attached hydrogen (secondary N) is 1. The molecule has 1 amide bonds. The highest BCUT2D eigenvalue weighted by Crippen LogP contribution is 2.25. The van der Waals surface area contributed by atoms with E-state index in [0.717, 1.165) is 25.7 Å². The Morgan fingerprint density at radius 2 is 1.85 bits per heavy atom. The molecule has 10 nitrogen and oxygen atoms in total. The third kappa shape index (κ3) is 5.33. The highest BCUT2D eigenvalue weighted by molar-refractivity contribution is 5.90. The van der Waals surface area contributed by atoms with Gasteiger partial charge in [-0.15, -0.1) is 0 Å². The minimum Gasteiger partial charge on any atom is -0.439 e. The maximum absolute atomic E-state index is 13.0. The molecule has 2 heterocycles. The number of benzene rings is 1. The minimum absolute atomic E-state index is 0.109. The third-order valence-corrected chi connectivity index (χ3v) is 5.93. The van der Waals surface area contributed by atoms with Crippen molar-refractivity contribution in [2.24, 2.45) is 16.6 Å². The van der Waals surface area contributed by atoms with E-state index in [1.54, 1.807) is 47.9 Å². The molecule has 34 heavy (non-hydrogen) atoms. The van der Waals surface area contributed by atoms with Crippen molar-refractivity contribution < 1.29 is 9.53 Å². The van der Waals surface area contributed by atoms with Crippen LogP contribution in [0.1, 0.15) is 49.5 Å². The molecule has 1 saturated carbocycles. The molecule has 1 fully saturated rings. The number of hydrogen-bond donors (Lipinski definition) is 2. The third-order valence-electron chi connectivity index (χ3n) is 5.93. The van der Waals surface area contributed by atoms with E-state index in [2.05, 4.69) is 15.0 Å². The van der Waals surface area contributed by atoms with Crippen molar-refractivity contribution in [2.75, 3.05) is 0 Å². The number of hydrogen-bond acceptors (Lipinski definition) is 6. The first-order chi connectivity index (χ1) is 16.4. The summed E-state index contributed by atoms with van der Waals surface area (Å²) < 4.78 is 8.45. The lowest BCUT2D eigenvalue weighted by Crippen LogP contribution is -2.50. The van der Waals surface area contributed by atoms with Crippen LogP contribution in [0.15, 0.2) is 57.0 Å². The Morgan fingerprint density at radius 1 is 1.12 bits per heavy atom. The van der Waals surface area contributed by atoms with Crippen LogP contribution in [0.4, 0.5) is 5.69 Å². The lowest BCUT2D eigenvalue weighted by Gasteiger charge is -2.22. The number of ether oxygens (including phenoxy) is 1. The highest BCUT2D eigenvalue weighted by Gasteiger charge is 2.17. The van der Waals surface area contributed by atoms with E-state index >= 15 is 0 Å². The van der Waals surface area contributed by atoms with Gasteiger partial charge in [-0.05, 0) is 56.0 Å². The zero-order valence-corrected chi connectivity index (χ0v) is 19.1. The second kappa shape index (κ2) is 10.3. The van der Waals surface area contributed by atoms with E-state index in [9.17, 15) is 14.4 Å². The standard InChI is InChI=1S/C24H28N6O4/c1-2-29-23(32)28-22(30(24(29)33)15-16-7-4-3-5-8-16)26-17-11-13-18(14-12-17)34-20-10-6-9-19(27-20)21(25)31/h6,9-14,16H,2-5,7-8,15H2,1H3,(H2,25,31)(H,26,28,32). The molecule has 1 aliphatic carbocycles. The first kappa shape index (κ1) is 23.2. The zero-order valence-electron chi connectivity index (χ0n) is 19.1. The maximum Gasteiger partial charge on any atom is 0.334 e. The second-order valence-corrected chi connectivity index (χ2v) is 8.33. The Labute approximate surface area is 195 Å². The number of nitrogens with two attached hydrogens (primary N) is 1. The Kier molecular flexibility index (Phi) is 7.05. The van der Waals surface area contributed by atoms with Crippen molar-refractivity contribution >= 4 is 11.6 Å². The number of H-pyrrole nitrogens is 1. The zero-order chi connectivity index (χ0) is 24.1. The van der Waals surface area contributed by atoms with E-state index in [1.165, 1.54) is 17.1 Å². The molecule has 0 aliphatic heterocycles. The van der Waals surface area contributed by atoms with Crippen LogP contribution in [0.3, 0.4) is 0 Å². The fourth-order valence-corrected chi connectivity index (χ4v) is 4.15. The summed E-state index contributed by atoms with van der Waals surface area (Å²) in [5, 5.41) is 0. The van der Waals surface area contributed by atoms with Gasteiger partial charge in [-0.1, -0.05) is 25.3 Å². The smallest absolute Gasteiger partial charge is 0.334 e. The van der Waals surface area contributed by atoms with Gasteiger partial charge in [0.1, 0.15) is 11.4 Å².